The molecule has 1 N–H and O–H groups in total. The maximum absolute atomic E-state index is 12.3. The number of rotatable bonds is 3. The van der Waals surface area contributed by atoms with Crippen molar-refractivity contribution in [2.24, 2.45) is 0 Å². The SMILES string of the molecule is CC(=O)c1ccc(C(=O)Nc2cc(Cl)cc3cccnc23)s1. The monoisotopic (exact) mass is 330 g/mol. The van der Waals surface area contributed by atoms with Crippen molar-refractivity contribution in [2.45, 2.75) is 6.92 Å². The molecule has 1 amide bonds. The predicted molar refractivity (Wildman–Crippen MR) is 89.0 cm³/mol. The molecule has 0 atom stereocenters. The van der Waals surface area contributed by atoms with Crippen LogP contribution < -0.4 is 5.32 Å². The van der Waals surface area contributed by atoms with E-state index in [-0.39, 0.29) is 11.7 Å². The molecule has 0 unspecified atom stereocenters. The third-order valence-electron chi connectivity index (χ3n) is 3.09. The fraction of sp³-hybridized carbons (Fsp3) is 0.0625. The van der Waals surface area contributed by atoms with E-state index in [1.807, 2.05) is 12.1 Å². The molecule has 3 rings (SSSR count). The van der Waals surface area contributed by atoms with Gasteiger partial charge < -0.3 is 5.32 Å². The summed E-state index contributed by atoms with van der Waals surface area (Å²) in [5.74, 6) is -0.342. The minimum atomic E-state index is -0.285. The molecule has 22 heavy (non-hydrogen) atoms. The molecule has 110 valence electrons. The van der Waals surface area contributed by atoms with Gasteiger partial charge in [-0.2, -0.15) is 0 Å². The second-order valence-electron chi connectivity index (χ2n) is 4.70. The normalized spacial score (nSPS) is 10.6. The maximum atomic E-state index is 12.3. The molecular formula is C16H11ClN2O2S. The molecule has 0 spiro atoms. The van der Waals surface area contributed by atoms with Gasteiger partial charge in [-0.15, -0.1) is 11.3 Å². The zero-order valence-corrected chi connectivity index (χ0v) is 13.2. The summed E-state index contributed by atoms with van der Waals surface area (Å²) in [6, 6.07) is 10.4. The Balaban J connectivity index is 1.95. The first kappa shape index (κ1) is 14.7. The number of pyridine rings is 1. The van der Waals surface area contributed by atoms with Gasteiger partial charge in [0.15, 0.2) is 5.78 Å². The largest absolute Gasteiger partial charge is 0.319 e. The average Bonchev–Trinajstić information content (AvgIpc) is 2.97. The van der Waals surface area contributed by atoms with Crippen LogP contribution in [0, 0.1) is 0 Å². The minimum absolute atomic E-state index is 0.0566. The first-order valence-corrected chi connectivity index (χ1v) is 7.70. The van der Waals surface area contributed by atoms with Crippen LogP contribution in [0.2, 0.25) is 5.02 Å². The number of carbonyl (C=O) groups is 2. The summed E-state index contributed by atoms with van der Waals surface area (Å²) >= 11 is 7.24. The van der Waals surface area contributed by atoms with Crippen molar-refractivity contribution >= 4 is 51.2 Å². The van der Waals surface area contributed by atoms with Crippen LogP contribution in [0.5, 0.6) is 0 Å². The smallest absolute Gasteiger partial charge is 0.265 e. The third kappa shape index (κ3) is 2.86. The van der Waals surface area contributed by atoms with E-state index in [0.717, 1.165) is 16.7 Å². The van der Waals surface area contributed by atoms with Crippen LogP contribution in [-0.4, -0.2) is 16.7 Å². The molecule has 0 aliphatic rings. The number of nitrogens with zero attached hydrogens (tertiary/aromatic N) is 1. The van der Waals surface area contributed by atoms with Gasteiger partial charge >= 0.3 is 0 Å². The van der Waals surface area contributed by atoms with E-state index in [1.54, 1.807) is 30.5 Å². The van der Waals surface area contributed by atoms with Crippen LogP contribution in [0.3, 0.4) is 0 Å². The maximum Gasteiger partial charge on any atom is 0.265 e. The molecular weight excluding hydrogens is 320 g/mol. The number of carbonyl (C=O) groups excluding carboxylic acids is 2. The molecule has 3 aromatic rings. The van der Waals surface area contributed by atoms with Crippen LogP contribution >= 0.6 is 22.9 Å². The average molecular weight is 331 g/mol. The summed E-state index contributed by atoms with van der Waals surface area (Å²) in [6.45, 7) is 1.47. The summed E-state index contributed by atoms with van der Waals surface area (Å²) in [6.07, 6.45) is 1.66. The highest BCUT2D eigenvalue weighted by molar-refractivity contribution is 7.16. The molecule has 0 saturated heterocycles. The second kappa shape index (κ2) is 5.87. The number of ketones is 1. The lowest BCUT2D eigenvalue weighted by Gasteiger charge is -2.08. The number of aromatic nitrogens is 1. The number of halogens is 1. The van der Waals surface area contributed by atoms with Crippen molar-refractivity contribution in [3.63, 3.8) is 0 Å². The Morgan fingerprint density at radius 2 is 1.95 bits per heavy atom. The van der Waals surface area contributed by atoms with E-state index in [2.05, 4.69) is 10.3 Å². The van der Waals surface area contributed by atoms with E-state index in [9.17, 15) is 9.59 Å². The van der Waals surface area contributed by atoms with Gasteiger partial charge in [-0.3, -0.25) is 14.6 Å². The quantitative estimate of drug-likeness (QED) is 0.724. The van der Waals surface area contributed by atoms with E-state index >= 15 is 0 Å². The Bertz CT molecular complexity index is 889. The topological polar surface area (TPSA) is 59.1 Å². The summed E-state index contributed by atoms with van der Waals surface area (Å²) < 4.78 is 0. The first-order chi connectivity index (χ1) is 10.5. The van der Waals surface area contributed by atoms with Gasteiger partial charge in [-0.25, -0.2) is 0 Å². The van der Waals surface area contributed by atoms with Crippen LogP contribution in [0.25, 0.3) is 10.9 Å². The molecule has 0 bridgehead atoms. The number of amides is 1. The molecule has 2 aromatic heterocycles. The molecule has 0 radical (unpaired) electrons. The van der Waals surface area contributed by atoms with Crippen LogP contribution in [0.15, 0.2) is 42.6 Å². The second-order valence-corrected chi connectivity index (χ2v) is 6.22. The molecule has 0 saturated carbocycles. The lowest BCUT2D eigenvalue weighted by molar-refractivity contribution is 0.101. The Labute approximate surface area is 135 Å². The number of benzene rings is 1. The summed E-state index contributed by atoms with van der Waals surface area (Å²) in [5, 5.41) is 4.18. The summed E-state index contributed by atoms with van der Waals surface area (Å²) in [7, 11) is 0. The van der Waals surface area contributed by atoms with E-state index in [0.29, 0.717) is 26.0 Å². The molecule has 0 aliphatic carbocycles. The first-order valence-electron chi connectivity index (χ1n) is 6.51. The van der Waals surface area contributed by atoms with Gasteiger partial charge in [-0.1, -0.05) is 17.7 Å². The number of fused-ring (bicyclic) bond motifs is 1. The number of anilines is 1. The minimum Gasteiger partial charge on any atom is -0.319 e. The highest BCUT2D eigenvalue weighted by Gasteiger charge is 2.13. The Hall–Kier alpha value is -2.24. The van der Waals surface area contributed by atoms with Crippen LogP contribution in [0.1, 0.15) is 26.3 Å². The van der Waals surface area contributed by atoms with Gasteiger partial charge in [0.1, 0.15) is 0 Å². The van der Waals surface area contributed by atoms with Crippen molar-refractivity contribution < 1.29 is 9.59 Å². The lowest BCUT2D eigenvalue weighted by Crippen LogP contribution is -2.10. The number of Topliss-reactive ketones (excluding diaryl/α,β-unsaturated/α-hetero) is 1. The highest BCUT2D eigenvalue weighted by Crippen LogP contribution is 2.27. The fourth-order valence-electron chi connectivity index (χ4n) is 2.08. The number of hydrogen-bond donors (Lipinski definition) is 1. The van der Waals surface area contributed by atoms with Crippen molar-refractivity contribution in [1.29, 1.82) is 0 Å². The van der Waals surface area contributed by atoms with Gasteiger partial charge in [0.2, 0.25) is 0 Å². The molecule has 2 heterocycles. The van der Waals surface area contributed by atoms with Crippen molar-refractivity contribution in [2.75, 3.05) is 5.32 Å². The lowest BCUT2D eigenvalue weighted by atomic mass is 10.2. The number of nitrogens with one attached hydrogen (secondary N) is 1. The van der Waals surface area contributed by atoms with Gasteiger partial charge in [-0.05, 0) is 37.3 Å². The molecule has 1 aromatic carbocycles. The highest BCUT2D eigenvalue weighted by atomic mass is 35.5. The number of hydrogen-bond acceptors (Lipinski definition) is 4. The van der Waals surface area contributed by atoms with Crippen LogP contribution in [-0.2, 0) is 0 Å². The summed E-state index contributed by atoms with van der Waals surface area (Å²) in [4.78, 5) is 28.9. The summed E-state index contributed by atoms with van der Waals surface area (Å²) in [5.41, 5.74) is 1.22. The van der Waals surface area contributed by atoms with Crippen LogP contribution in [0.4, 0.5) is 5.69 Å². The predicted octanol–water partition coefficient (Wildman–Crippen LogP) is 4.40. The van der Waals surface area contributed by atoms with E-state index < -0.39 is 0 Å². The van der Waals surface area contributed by atoms with Crippen molar-refractivity contribution in [1.82, 2.24) is 4.98 Å². The van der Waals surface area contributed by atoms with E-state index in [4.69, 9.17) is 11.6 Å². The zero-order chi connectivity index (χ0) is 15.7. The standard InChI is InChI=1S/C16H11ClN2O2S/c1-9(20)13-4-5-14(22-13)16(21)19-12-8-11(17)7-10-3-2-6-18-15(10)12/h2-8H,1H3,(H,19,21). The molecule has 0 fully saturated rings. The fourth-order valence-corrected chi connectivity index (χ4v) is 3.11. The number of thiophene rings is 1. The Kier molecular flexibility index (Phi) is 3.92. The van der Waals surface area contributed by atoms with Gasteiger partial charge in [0.05, 0.1) is 21.0 Å². The van der Waals surface area contributed by atoms with Crippen molar-refractivity contribution in [3.8, 4) is 0 Å². The Morgan fingerprint density at radius 1 is 1.18 bits per heavy atom. The molecule has 4 nitrogen and oxygen atoms in total. The molecule has 6 heteroatoms. The van der Waals surface area contributed by atoms with Gasteiger partial charge in [0.25, 0.3) is 5.91 Å². The molecule has 0 aliphatic heterocycles. The zero-order valence-electron chi connectivity index (χ0n) is 11.6. The van der Waals surface area contributed by atoms with Gasteiger partial charge in [0, 0.05) is 16.6 Å². The third-order valence-corrected chi connectivity index (χ3v) is 4.50. The Morgan fingerprint density at radius 3 is 2.68 bits per heavy atom. The van der Waals surface area contributed by atoms with Crippen molar-refractivity contribution in [3.05, 3.63) is 57.4 Å². The van der Waals surface area contributed by atoms with E-state index in [1.165, 1.54) is 6.92 Å².